The molecule has 3 N–H and O–H groups in total. The van der Waals surface area contributed by atoms with Crippen LogP contribution in [0.5, 0.6) is 0 Å². The van der Waals surface area contributed by atoms with Crippen molar-refractivity contribution in [2.24, 2.45) is 0 Å². The van der Waals surface area contributed by atoms with Crippen LogP contribution in [0.2, 0.25) is 0 Å². The standard InChI is InChI=1S/C16H20N4O4S/c1-2-23-16(22)20-6-3-11(4-7-20)18-15(21)12-13(19-24-14(12)17)10-5-8-25-9-10/h5,8-9,11H,2-4,6-7,17H2,1H3,(H,18,21). The van der Waals surface area contributed by atoms with Gasteiger partial charge >= 0.3 is 6.09 Å². The van der Waals surface area contributed by atoms with Crippen molar-refractivity contribution in [1.82, 2.24) is 15.4 Å². The molecular formula is C16H20N4O4S. The number of nitrogens with two attached hydrogens (primary N) is 1. The van der Waals surface area contributed by atoms with Crippen molar-refractivity contribution < 1.29 is 18.8 Å². The number of amides is 2. The molecule has 0 radical (unpaired) electrons. The van der Waals surface area contributed by atoms with Crippen molar-refractivity contribution in [3.8, 4) is 11.3 Å². The van der Waals surface area contributed by atoms with Gasteiger partial charge in [0, 0.05) is 30.1 Å². The molecule has 3 heterocycles. The lowest BCUT2D eigenvalue weighted by molar-refractivity contribution is 0.0861. The monoisotopic (exact) mass is 364 g/mol. The average Bonchev–Trinajstić information content (AvgIpc) is 3.25. The molecule has 1 fully saturated rings. The van der Waals surface area contributed by atoms with Crippen LogP contribution in [0, 0.1) is 0 Å². The summed E-state index contributed by atoms with van der Waals surface area (Å²) in [5.74, 6) is -0.308. The molecule has 2 aromatic rings. The van der Waals surface area contributed by atoms with Crippen LogP contribution in [-0.2, 0) is 4.74 Å². The molecule has 1 aliphatic heterocycles. The quantitative estimate of drug-likeness (QED) is 0.861. The second-order valence-corrected chi connectivity index (χ2v) is 6.50. The first-order chi connectivity index (χ1) is 12.1. The normalized spacial score (nSPS) is 15.2. The van der Waals surface area contributed by atoms with Gasteiger partial charge in [-0.05, 0) is 31.2 Å². The van der Waals surface area contributed by atoms with Crippen molar-refractivity contribution in [3.05, 3.63) is 22.4 Å². The van der Waals surface area contributed by atoms with Crippen LogP contribution < -0.4 is 11.1 Å². The highest BCUT2D eigenvalue weighted by Crippen LogP contribution is 2.29. The van der Waals surface area contributed by atoms with Crippen LogP contribution in [0.1, 0.15) is 30.1 Å². The van der Waals surface area contributed by atoms with E-state index in [4.69, 9.17) is 15.0 Å². The maximum atomic E-state index is 12.6. The van der Waals surface area contributed by atoms with Crippen molar-refractivity contribution in [2.75, 3.05) is 25.4 Å². The molecule has 9 heteroatoms. The van der Waals surface area contributed by atoms with E-state index >= 15 is 0 Å². The van der Waals surface area contributed by atoms with Gasteiger partial charge in [0.05, 0.1) is 6.61 Å². The number of anilines is 1. The predicted molar refractivity (Wildman–Crippen MR) is 93.3 cm³/mol. The number of thiophene rings is 1. The van der Waals surface area contributed by atoms with E-state index in [1.54, 1.807) is 11.8 Å². The number of likely N-dealkylation sites (tertiary alicyclic amines) is 1. The van der Waals surface area contributed by atoms with Gasteiger partial charge in [-0.2, -0.15) is 11.3 Å². The van der Waals surface area contributed by atoms with E-state index in [1.165, 1.54) is 11.3 Å². The Kier molecular flexibility index (Phi) is 5.22. The first-order valence-electron chi connectivity index (χ1n) is 8.10. The van der Waals surface area contributed by atoms with Gasteiger partial charge in [0.2, 0.25) is 5.88 Å². The number of carbonyl (C=O) groups excluding carboxylic acids is 2. The number of carbonyl (C=O) groups is 2. The molecule has 2 amide bonds. The smallest absolute Gasteiger partial charge is 0.409 e. The number of hydrogen-bond acceptors (Lipinski definition) is 7. The van der Waals surface area contributed by atoms with E-state index in [1.807, 2.05) is 16.8 Å². The zero-order valence-corrected chi connectivity index (χ0v) is 14.7. The number of nitrogens with one attached hydrogen (secondary N) is 1. The van der Waals surface area contributed by atoms with Crippen molar-refractivity contribution >= 4 is 29.2 Å². The Labute approximate surface area is 148 Å². The lowest BCUT2D eigenvalue weighted by Gasteiger charge is -2.31. The van der Waals surface area contributed by atoms with Crippen LogP contribution in [-0.4, -0.2) is 47.8 Å². The molecule has 1 aliphatic rings. The van der Waals surface area contributed by atoms with Gasteiger partial charge in [0.15, 0.2) is 0 Å². The van der Waals surface area contributed by atoms with Gasteiger partial charge in [-0.1, -0.05) is 5.16 Å². The topological polar surface area (TPSA) is 111 Å². The third-order valence-corrected chi connectivity index (χ3v) is 4.78. The summed E-state index contributed by atoms with van der Waals surface area (Å²) in [6, 6.07) is 1.82. The molecule has 0 aromatic carbocycles. The van der Waals surface area contributed by atoms with Crippen LogP contribution in [0.15, 0.2) is 21.3 Å². The van der Waals surface area contributed by atoms with Gasteiger partial charge in [-0.25, -0.2) is 4.79 Å². The second-order valence-electron chi connectivity index (χ2n) is 5.72. The molecular weight excluding hydrogens is 344 g/mol. The highest BCUT2D eigenvalue weighted by molar-refractivity contribution is 7.08. The van der Waals surface area contributed by atoms with Gasteiger partial charge in [0.1, 0.15) is 11.3 Å². The van der Waals surface area contributed by atoms with Crippen molar-refractivity contribution in [1.29, 1.82) is 0 Å². The van der Waals surface area contributed by atoms with Crippen LogP contribution in [0.25, 0.3) is 11.3 Å². The summed E-state index contributed by atoms with van der Waals surface area (Å²) in [6.07, 6.45) is 1.00. The summed E-state index contributed by atoms with van der Waals surface area (Å²) in [4.78, 5) is 26.0. The lowest BCUT2D eigenvalue weighted by Crippen LogP contribution is -2.46. The summed E-state index contributed by atoms with van der Waals surface area (Å²) in [7, 11) is 0. The third kappa shape index (κ3) is 3.76. The number of piperidine rings is 1. The Morgan fingerprint density at radius 1 is 1.48 bits per heavy atom. The Balaban J connectivity index is 1.63. The van der Waals surface area contributed by atoms with Crippen molar-refractivity contribution in [2.45, 2.75) is 25.8 Å². The molecule has 0 atom stereocenters. The molecule has 0 unspecified atom stereocenters. The van der Waals surface area contributed by atoms with E-state index < -0.39 is 0 Å². The molecule has 0 bridgehead atoms. The highest BCUT2D eigenvalue weighted by Gasteiger charge is 2.28. The predicted octanol–water partition coefficient (Wildman–Crippen LogP) is 2.34. The molecule has 1 saturated heterocycles. The number of aromatic nitrogens is 1. The Bertz CT molecular complexity index is 735. The van der Waals surface area contributed by atoms with E-state index in [9.17, 15) is 9.59 Å². The van der Waals surface area contributed by atoms with Gasteiger partial charge in [-0.3, -0.25) is 4.79 Å². The maximum Gasteiger partial charge on any atom is 0.409 e. The van der Waals surface area contributed by atoms with Gasteiger partial charge < -0.3 is 25.2 Å². The van der Waals surface area contributed by atoms with Crippen molar-refractivity contribution in [3.63, 3.8) is 0 Å². The molecule has 8 nitrogen and oxygen atoms in total. The SMILES string of the molecule is CCOC(=O)N1CCC(NC(=O)c2c(-c3ccsc3)noc2N)CC1. The summed E-state index contributed by atoms with van der Waals surface area (Å²) in [5.41, 5.74) is 7.29. The van der Waals surface area contributed by atoms with Crippen LogP contribution >= 0.6 is 11.3 Å². The fraction of sp³-hybridized carbons (Fsp3) is 0.438. The van der Waals surface area contributed by atoms with E-state index in [-0.39, 0.29) is 29.5 Å². The number of nitrogens with zero attached hydrogens (tertiary/aromatic N) is 2. The fourth-order valence-electron chi connectivity index (χ4n) is 2.80. The minimum absolute atomic E-state index is 0.00246. The Hall–Kier alpha value is -2.55. The minimum Gasteiger partial charge on any atom is -0.450 e. The lowest BCUT2D eigenvalue weighted by atomic mass is 10.0. The molecule has 0 spiro atoms. The van der Waals surface area contributed by atoms with E-state index in [0.29, 0.717) is 38.2 Å². The zero-order chi connectivity index (χ0) is 17.8. The Morgan fingerprint density at radius 2 is 2.24 bits per heavy atom. The minimum atomic E-state index is -0.311. The fourth-order valence-corrected chi connectivity index (χ4v) is 3.44. The molecule has 0 aliphatic carbocycles. The summed E-state index contributed by atoms with van der Waals surface area (Å²) in [6.45, 7) is 3.22. The van der Waals surface area contributed by atoms with E-state index in [2.05, 4.69) is 10.5 Å². The van der Waals surface area contributed by atoms with Crippen LogP contribution in [0.4, 0.5) is 10.7 Å². The Morgan fingerprint density at radius 3 is 2.88 bits per heavy atom. The highest BCUT2D eigenvalue weighted by atomic mass is 32.1. The molecule has 0 saturated carbocycles. The third-order valence-electron chi connectivity index (χ3n) is 4.10. The number of nitrogen functional groups attached to an aromatic ring is 1. The molecule has 134 valence electrons. The average molecular weight is 364 g/mol. The maximum absolute atomic E-state index is 12.6. The zero-order valence-electron chi connectivity index (χ0n) is 13.9. The molecule has 25 heavy (non-hydrogen) atoms. The summed E-state index contributed by atoms with van der Waals surface area (Å²) >= 11 is 1.50. The van der Waals surface area contributed by atoms with Gasteiger partial charge in [0.25, 0.3) is 5.91 Å². The van der Waals surface area contributed by atoms with E-state index in [0.717, 1.165) is 5.56 Å². The molecule has 3 rings (SSSR count). The number of hydrogen-bond donors (Lipinski definition) is 2. The summed E-state index contributed by atoms with van der Waals surface area (Å²) < 4.78 is 10.0. The largest absolute Gasteiger partial charge is 0.450 e. The van der Waals surface area contributed by atoms with Crippen LogP contribution in [0.3, 0.4) is 0 Å². The second kappa shape index (κ2) is 7.56. The first kappa shape index (κ1) is 17.3. The number of ether oxygens (including phenoxy) is 1. The molecule has 2 aromatic heterocycles. The first-order valence-corrected chi connectivity index (χ1v) is 9.04. The summed E-state index contributed by atoms with van der Waals surface area (Å²) in [5, 5.41) is 10.6. The van der Waals surface area contributed by atoms with Gasteiger partial charge in [-0.15, -0.1) is 0 Å². The number of rotatable bonds is 4.